The van der Waals surface area contributed by atoms with Crippen molar-refractivity contribution in [2.45, 2.75) is 13.8 Å². The number of amides is 1. The van der Waals surface area contributed by atoms with Crippen molar-refractivity contribution in [2.75, 3.05) is 11.9 Å². The summed E-state index contributed by atoms with van der Waals surface area (Å²) in [6.45, 7) is 3.39. The predicted molar refractivity (Wildman–Crippen MR) is 84.0 cm³/mol. The van der Waals surface area contributed by atoms with Crippen molar-refractivity contribution in [1.29, 1.82) is 5.26 Å². The van der Waals surface area contributed by atoms with Gasteiger partial charge in [-0.2, -0.15) is 5.26 Å². The van der Waals surface area contributed by atoms with Gasteiger partial charge in [0, 0.05) is 5.56 Å². The maximum Gasteiger partial charge on any atom is 0.348 e. The second kappa shape index (κ2) is 7.19. The highest BCUT2D eigenvalue weighted by atomic mass is 32.1. The fraction of sp³-hybridized carbons (Fsp3) is 0.188. The molecule has 2 aromatic rings. The van der Waals surface area contributed by atoms with E-state index in [-0.39, 0.29) is 27.6 Å². The smallest absolute Gasteiger partial charge is 0.348 e. The zero-order valence-electron chi connectivity index (χ0n) is 12.8. The third-order valence-corrected chi connectivity index (χ3v) is 4.32. The first-order chi connectivity index (χ1) is 11.4. The quantitative estimate of drug-likeness (QED) is 0.854. The Bertz CT molecular complexity index is 856. The van der Waals surface area contributed by atoms with Crippen molar-refractivity contribution in [1.82, 2.24) is 0 Å². The molecule has 0 radical (unpaired) electrons. The third kappa shape index (κ3) is 3.41. The van der Waals surface area contributed by atoms with Crippen molar-refractivity contribution in [3.63, 3.8) is 0 Å². The van der Waals surface area contributed by atoms with Crippen molar-refractivity contribution in [3.05, 3.63) is 51.4 Å². The molecular formula is C16H12F2N2O3S. The van der Waals surface area contributed by atoms with Gasteiger partial charge in [0.15, 0.2) is 11.6 Å². The zero-order valence-corrected chi connectivity index (χ0v) is 13.6. The highest BCUT2D eigenvalue weighted by Crippen LogP contribution is 2.33. The highest BCUT2D eigenvalue weighted by Gasteiger charge is 2.22. The van der Waals surface area contributed by atoms with E-state index in [1.807, 2.05) is 6.07 Å². The average molecular weight is 350 g/mol. The SMILES string of the molecule is CCOC(=O)c1sc(NC(=O)c2ccc(F)c(F)c2)c(C#N)c1C. The number of nitrogens with one attached hydrogen (secondary N) is 1. The maximum absolute atomic E-state index is 13.2. The molecule has 0 aliphatic rings. The van der Waals surface area contributed by atoms with Gasteiger partial charge in [0.2, 0.25) is 0 Å². The largest absolute Gasteiger partial charge is 0.462 e. The summed E-state index contributed by atoms with van der Waals surface area (Å²) in [5, 5.41) is 11.8. The summed E-state index contributed by atoms with van der Waals surface area (Å²) in [4.78, 5) is 24.2. The lowest BCUT2D eigenvalue weighted by molar-refractivity contribution is 0.0531. The van der Waals surface area contributed by atoms with Gasteiger partial charge in [-0.3, -0.25) is 4.79 Å². The second-order valence-corrected chi connectivity index (χ2v) is 5.70. The van der Waals surface area contributed by atoms with E-state index in [4.69, 9.17) is 4.74 Å². The Labute approximate surface area is 140 Å². The molecule has 0 spiro atoms. The molecule has 0 fully saturated rings. The lowest BCUT2D eigenvalue weighted by Gasteiger charge is -2.04. The normalized spacial score (nSPS) is 10.1. The van der Waals surface area contributed by atoms with E-state index in [1.54, 1.807) is 13.8 Å². The van der Waals surface area contributed by atoms with E-state index < -0.39 is 23.5 Å². The van der Waals surface area contributed by atoms with Crippen molar-refractivity contribution < 1.29 is 23.1 Å². The first-order valence-electron chi connectivity index (χ1n) is 6.86. The zero-order chi connectivity index (χ0) is 17.9. The van der Waals surface area contributed by atoms with E-state index in [0.717, 1.165) is 29.5 Å². The molecule has 0 unspecified atom stereocenters. The van der Waals surface area contributed by atoms with Crippen LogP contribution in [0.25, 0.3) is 0 Å². The molecule has 0 aliphatic carbocycles. The lowest BCUT2D eigenvalue weighted by Crippen LogP contribution is -2.12. The summed E-state index contributed by atoms with van der Waals surface area (Å²) in [5.41, 5.74) is 0.405. The topological polar surface area (TPSA) is 79.2 Å². The van der Waals surface area contributed by atoms with E-state index in [1.165, 1.54) is 0 Å². The van der Waals surface area contributed by atoms with Crippen LogP contribution in [-0.4, -0.2) is 18.5 Å². The summed E-state index contributed by atoms with van der Waals surface area (Å²) in [6.07, 6.45) is 0. The average Bonchev–Trinajstić information content (AvgIpc) is 2.85. The second-order valence-electron chi connectivity index (χ2n) is 4.68. The molecule has 0 aliphatic heterocycles. The Morgan fingerprint density at radius 3 is 2.62 bits per heavy atom. The fourth-order valence-corrected chi connectivity index (χ4v) is 2.99. The molecule has 24 heavy (non-hydrogen) atoms. The summed E-state index contributed by atoms with van der Waals surface area (Å²) in [6, 6.07) is 4.62. The van der Waals surface area contributed by atoms with Crippen molar-refractivity contribution >= 4 is 28.2 Å². The van der Waals surface area contributed by atoms with Gasteiger partial charge in [-0.25, -0.2) is 13.6 Å². The Morgan fingerprint density at radius 1 is 1.33 bits per heavy atom. The Balaban J connectivity index is 2.33. The first kappa shape index (κ1) is 17.6. The van der Waals surface area contributed by atoms with E-state index in [2.05, 4.69) is 5.32 Å². The Morgan fingerprint density at radius 2 is 2.04 bits per heavy atom. The monoisotopic (exact) mass is 350 g/mol. The minimum atomic E-state index is -1.15. The molecule has 0 saturated heterocycles. The first-order valence-corrected chi connectivity index (χ1v) is 7.67. The van der Waals surface area contributed by atoms with E-state index >= 15 is 0 Å². The molecular weight excluding hydrogens is 338 g/mol. The number of hydrogen-bond donors (Lipinski definition) is 1. The van der Waals surface area contributed by atoms with Crippen LogP contribution in [0.3, 0.4) is 0 Å². The van der Waals surface area contributed by atoms with Gasteiger partial charge < -0.3 is 10.1 Å². The molecule has 1 aromatic heterocycles. The van der Waals surface area contributed by atoms with Crippen LogP contribution in [0.15, 0.2) is 18.2 Å². The highest BCUT2D eigenvalue weighted by molar-refractivity contribution is 7.18. The number of anilines is 1. The molecule has 1 amide bonds. The number of esters is 1. The lowest BCUT2D eigenvalue weighted by atomic mass is 10.1. The van der Waals surface area contributed by atoms with E-state index in [9.17, 15) is 23.6 Å². The summed E-state index contributed by atoms with van der Waals surface area (Å²) < 4.78 is 31.0. The van der Waals surface area contributed by atoms with Crippen LogP contribution < -0.4 is 5.32 Å². The predicted octanol–water partition coefficient (Wildman–Crippen LogP) is 3.64. The number of hydrogen-bond acceptors (Lipinski definition) is 5. The van der Waals surface area contributed by atoms with Gasteiger partial charge >= 0.3 is 5.97 Å². The third-order valence-electron chi connectivity index (χ3n) is 3.13. The van der Waals surface area contributed by atoms with Crippen LogP contribution in [0, 0.1) is 29.9 Å². The molecule has 5 nitrogen and oxygen atoms in total. The molecule has 0 atom stereocenters. The molecule has 1 aromatic carbocycles. The standard InChI is InChI=1S/C16H12F2N2O3S/c1-3-23-16(22)13-8(2)10(7-19)15(24-13)20-14(21)9-4-5-11(17)12(18)6-9/h4-6H,3H2,1-2H3,(H,20,21). The van der Waals surface area contributed by atoms with Crippen LogP contribution in [0.2, 0.25) is 0 Å². The number of ether oxygens (including phenoxy) is 1. The summed E-state index contributed by atoms with van der Waals surface area (Å²) in [5.74, 6) is -3.54. The molecule has 0 saturated carbocycles. The molecule has 124 valence electrons. The van der Waals surface area contributed by atoms with Crippen molar-refractivity contribution in [3.8, 4) is 6.07 Å². The number of benzene rings is 1. The Hall–Kier alpha value is -2.79. The minimum Gasteiger partial charge on any atom is -0.462 e. The van der Waals surface area contributed by atoms with Crippen LogP contribution in [0.1, 0.15) is 38.1 Å². The van der Waals surface area contributed by atoms with Gasteiger partial charge in [0.25, 0.3) is 5.91 Å². The number of halogens is 2. The number of rotatable bonds is 4. The van der Waals surface area contributed by atoms with Crippen molar-refractivity contribution in [2.24, 2.45) is 0 Å². The van der Waals surface area contributed by atoms with Gasteiger partial charge in [0.05, 0.1) is 12.2 Å². The van der Waals surface area contributed by atoms with Crippen LogP contribution in [0.5, 0.6) is 0 Å². The van der Waals surface area contributed by atoms with Gasteiger partial charge in [-0.1, -0.05) is 0 Å². The van der Waals surface area contributed by atoms with Crippen LogP contribution >= 0.6 is 11.3 Å². The summed E-state index contributed by atoms with van der Waals surface area (Å²) >= 11 is 0.892. The van der Waals surface area contributed by atoms with E-state index in [0.29, 0.717) is 5.56 Å². The maximum atomic E-state index is 13.2. The van der Waals surface area contributed by atoms with Crippen LogP contribution in [0.4, 0.5) is 13.8 Å². The van der Waals surface area contributed by atoms with Gasteiger partial charge in [-0.05, 0) is 37.6 Å². The number of carbonyl (C=O) groups excluding carboxylic acids is 2. The molecule has 1 N–H and O–H groups in total. The fourth-order valence-electron chi connectivity index (χ4n) is 1.94. The Kier molecular flexibility index (Phi) is 5.26. The van der Waals surface area contributed by atoms with Gasteiger partial charge in [-0.15, -0.1) is 11.3 Å². The molecule has 0 bridgehead atoms. The number of carbonyl (C=O) groups is 2. The molecule has 8 heteroatoms. The number of thiophene rings is 1. The van der Waals surface area contributed by atoms with Crippen LogP contribution in [-0.2, 0) is 4.74 Å². The molecule has 1 heterocycles. The van der Waals surface area contributed by atoms with Gasteiger partial charge in [0.1, 0.15) is 15.9 Å². The summed E-state index contributed by atoms with van der Waals surface area (Å²) in [7, 11) is 0. The number of nitriles is 1. The minimum absolute atomic E-state index is 0.110. The molecule has 2 rings (SSSR count). The number of nitrogens with zero attached hydrogens (tertiary/aromatic N) is 1.